The van der Waals surface area contributed by atoms with Crippen molar-refractivity contribution in [2.75, 3.05) is 0 Å². The molecule has 0 saturated carbocycles. The monoisotopic (exact) mass is 200 g/mol. The Morgan fingerprint density at radius 3 is 2.87 bits per heavy atom. The van der Waals surface area contributed by atoms with Crippen LogP contribution in [0.4, 0.5) is 0 Å². The number of nitrogens with zero attached hydrogens (tertiary/aromatic N) is 1. The van der Waals surface area contributed by atoms with E-state index in [1.165, 1.54) is 12.1 Å². The van der Waals surface area contributed by atoms with Crippen molar-refractivity contribution >= 4 is 16.9 Å². The van der Waals surface area contributed by atoms with E-state index in [0.717, 1.165) is 11.2 Å². The topological polar surface area (TPSA) is 76.9 Å². The average Bonchev–Trinajstić information content (AvgIpc) is 2.51. The van der Waals surface area contributed by atoms with E-state index in [-0.39, 0.29) is 5.56 Å². The third kappa shape index (κ3) is 1.34. The van der Waals surface area contributed by atoms with Crippen LogP contribution in [-0.2, 0) is 0 Å². The lowest BCUT2D eigenvalue weighted by Gasteiger charge is -1.94. The molecule has 0 radical (unpaired) electrons. The molecular formula is C11H8N2O2. The van der Waals surface area contributed by atoms with Gasteiger partial charge in [0.25, 0.3) is 0 Å². The maximum absolute atomic E-state index is 10.8. The van der Waals surface area contributed by atoms with Crippen LogP contribution in [0.2, 0.25) is 0 Å². The second-order valence-electron chi connectivity index (χ2n) is 3.30. The lowest BCUT2D eigenvalue weighted by Crippen LogP contribution is -1.94. The Balaban J connectivity index is 2.80. The number of aryl methyl sites for hydroxylation is 1. The normalized spacial score (nSPS) is 10.1. The molecule has 1 aromatic heterocycles. The van der Waals surface area contributed by atoms with Crippen LogP contribution in [-0.4, -0.2) is 16.1 Å². The maximum atomic E-state index is 10.8. The third-order valence-corrected chi connectivity index (χ3v) is 2.34. The number of nitrogens with one attached hydrogen (secondary N) is 1. The van der Waals surface area contributed by atoms with Gasteiger partial charge in [0.2, 0.25) is 0 Å². The molecule has 15 heavy (non-hydrogen) atoms. The van der Waals surface area contributed by atoms with Crippen LogP contribution >= 0.6 is 0 Å². The fourth-order valence-corrected chi connectivity index (χ4v) is 1.60. The molecule has 0 bridgehead atoms. The summed E-state index contributed by atoms with van der Waals surface area (Å²) in [5.74, 6) is -0.986. The van der Waals surface area contributed by atoms with Gasteiger partial charge in [-0.2, -0.15) is 5.26 Å². The third-order valence-electron chi connectivity index (χ3n) is 2.34. The van der Waals surface area contributed by atoms with E-state index < -0.39 is 5.97 Å². The highest BCUT2D eigenvalue weighted by atomic mass is 16.4. The summed E-state index contributed by atoms with van der Waals surface area (Å²) in [4.78, 5) is 13.8. The molecule has 0 unspecified atom stereocenters. The van der Waals surface area contributed by atoms with Crippen molar-refractivity contribution in [3.63, 3.8) is 0 Å². The number of aromatic amines is 1. The fourth-order valence-electron chi connectivity index (χ4n) is 1.60. The summed E-state index contributed by atoms with van der Waals surface area (Å²) < 4.78 is 0. The molecular weight excluding hydrogens is 192 g/mol. The highest BCUT2D eigenvalue weighted by molar-refractivity contribution is 5.96. The van der Waals surface area contributed by atoms with Gasteiger partial charge in [0.15, 0.2) is 0 Å². The zero-order chi connectivity index (χ0) is 11.0. The number of aromatic nitrogens is 1. The average molecular weight is 200 g/mol. The number of hydrogen-bond donors (Lipinski definition) is 2. The summed E-state index contributed by atoms with van der Waals surface area (Å²) in [5.41, 5.74) is 2.25. The largest absolute Gasteiger partial charge is 0.478 e. The minimum absolute atomic E-state index is 0.193. The van der Waals surface area contributed by atoms with E-state index in [0.29, 0.717) is 10.9 Å². The predicted octanol–water partition coefficient (Wildman–Crippen LogP) is 2.05. The number of carboxylic acids is 1. The van der Waals surface area contributed by atoms with Gasteiger partial charge in [-0.15, -0.1) is 0 Å². The molecule has 74 valence electrons. The van der Waals surface area contributed by atoms with E-state index in [4.69, 9.17) is 10.4 Å². The van der Waals surface area contributed by atoms with Gasteiger partial charge in [-0.1, -0.05) is 0 Å². The first kappa shape index (κ1) is 9.28. The van der Waals surface area contributed by atoms with Crippen LogP contribution in [0, 0.1) is 18.3 Å². The van der Waals surface area contributed by atoms with Gasteiger partial charge in [0, 0.05) is 16.6 Å². The molecule has 0 spiro atoms. The molecule has 0 aliphatic heterocycles. The zero-order valence-corrected chi connectivity index (χ0v) is 8.03. The number of nitriles is 1. The molecule has 2 N–H and O–H groups in total. The molecule has 1 aromatic carbocycles. The Hall–Kier alpha value is -2.28. The molecule has 2 aromatic rings. The van der Waals surface area contributed by atoms with Gasteiger partial charge in [-0.3, -0.25) is 0 Å². The first-order chi connectivity index (χ1) is 7.13. The molecule has 0 atom stereocenters. The number of carboxylic acid groups (broad SMARTS) is 1. The Morgan fingerprint density at radius 1 is 1.53 bits per heavy atom. The number of fused-ring (bicyclic) bond motifs is 1. The van der Waals surface area contributed by atoms with Gasteiger partial charge in [0.1, 0.15) is 6.07 Å². The van der Waals surface area contributed by atoms with Gasteiger partial charge < -0.3 is 10.1 Å². The van der Waals surface area contributed by atoms with Crippen LogP contribution in [0.25, 0.3) is 10.9 Å². The summed E-state index contributed by atoms with van der Waals surface area (Å²) in [6.45, 7) is 1.79. The van der Waals surface area contributed by atoms with Gasteiger partial charge in [-0.25, -0.2) is 4.79 Å². The highest BCUT2D eigenvalue weighted by Gasteiger charge is 2.10. The Kier molecular flexibility index (Phi) is 1.94. The van der Waals surface area contributed by atoms with E-state index in [1.54, 1.807) is 13.0 Å². The zero-order valence-electron chi connectivity index (χ0n) is 8.03. The molecule has 0 aliphatic rings. The standard InChI is InChI=1S/C11H8N2O2/c1-6-9(5-12)8-4-7(11(14)15)2-3-10(8)13-6/h2-4,13H,1H3,(H,14,15). The second kappa shape index (κ2) is 3.14. The van der Waals surface area contributed by atoms with E-state index >= 15 is 0 Å². The highest BCUT2D eigenvalue weighted by Crippen LogP contribution is 2.22. The van der Waals surface area contributed by atoms with Gasteiger partial charge in [-0.05, 0) is 25.1 Å². The van der Waals surface area contributed by atoms with E-state index in [1.807, 2.05) is 0 Å². The van der Waals surface area contributed by atoms with Crippen molar-refractivity contribution in [3.05, 3.63) is 35.0 Å². The number of hydrogen-bond acceptors (Lipinski definition) is 2. The summed E-state index contributed by atoms with van der Waals surface area (Å²) in [7, 11) is 0. The van der Waals surface area contributed by atoms with Crippen molar-refractivity contribution in [1.82, 2.24) is 4.98 Å². The summed E-state index contributed by atoms with van der Waals surface area (Å²) >= 11 is 0. The Morgan fingerprint density at radius 2 is 2.27 bits per heavy atom. The molecule has 0 aliphatic carbocycles. The second-order valence-corrected chi connectivity index (χ2v) is 3.30. The quantitative estimate of drug-likeness (QED) is 0.739. The SMILES string of the molecule is Cc1[nH]c2ccc(C(=O)O)cc2c1C#N. The smallest absolute Gasteiger partial charge is 0.335 e. The van der Waals surface area contributed by atoms with Crippen molar-refractivity contribution in [2.45, 2.75) is 6.92 Å². The van der Waals surface area contributed by atoms with Crippen LogP contribution < -0.4 is 0 Å². The van der Waals surface area contributed by atoms with Crippen molar-refractivity contribution < 1.29 is 9.90 Å². The molecule has 2 rings (SSSR count). The Bertz CT molecular complexity index is 590. The summed E-state index contributed by atoms with van der Waals surface area (Å²) in [5, 5.41) is 18.4. The van der Waals surface area contributed by atoms with Crippen molar-refractivity contribution in [2.24, 2.45) is 0 Å². The minimum Gasteiger partial charge on any atom is -0.478 e. The lowest BCUT2D eigenvalue weighted by molar-refractivity contribution is 0.0697. The predicted molar refractivity (Wildman–Crippen MR) is 54.7 cm³/mol. The van der Waals surface area contributed by atoms with E-state index in [2.05, 4.69) is 11.1 Å². The molecule has 0 fully saturated rings. The lowest BCUT2D eigenvalue weighted by atomic mass is 10.1. The first-order valence-corrected chi connectivity index (χ1v) is 4.39. The molecule has 1 heterocycles. The fraction of sp³-hybridized carbons (Fsp3) is 0.0909. The van der Waals surface area contributed by atoms with Crippen molar-refractivity contribution in [3.8, 4) is 6.07 Å². The van der Waals surface area contributed by atoms with Crippen molar-refractivity contribution in [1.29, 1.82) is 5.26 Å². The van der Waals surface area contributed by atoms with Gasteiger partial charge in [0.05, 0.1) is 11.1 Å². The minimum atomic E-state index is -0.986. The molecule has 4 nitrogen and oxygen atoms in total. The van der Waals surface area contributed by atoms with Crippen LogP contribution in [0.15, 0.2) is 18.2 Å². The van der Waals surface area contributed by atoms with Crippen LogP contribution in [0.1, 0.15) is 21.6 Å². The summed E-state index contributed by atoms with van der Waals surface area (Å²) in [6, 6.07) is 6.76. The number of H-pyrrole nitrogens is 1. The summed E-state index contributed by atoms with van der Waals surface area (Å²) in [6.07, 6.45) is 0. The van der Waals surface area contributed by atoms with Crippen LogP contribution in [0.5, 0.6) is 0 Å². The molecule has 4 heteroatoms. The maximum Gasteiger partial charge on any atom is 0.335 e. The van der Waals surface area contributed by atoms with E-state index in [9.17, 15) is 4.79 Å². The number of rotatable bonds is 1. The first-order valence-electron chi connectivity index (χ1n) is 4.39. The molecule has 0 saturated heterocycles. The van der Waals surface area contributed by atoms with Crippen LogP contribution in [0.3, 0.4) is 0 Å². The number of aromatic carboxylic acids is 1. The Labute approximate surface area is 85.8 Å². The number of benzene rings is 1. The van der Waals surface area contributed by atoms with Gasteiger partial charge >= 0.3 is 5.97 Å². The molecule has 0 amide bonds. The number of carbonyl (C=O) groups is 1.